The maximum absolute atomic E-state index is 14.3. The molecule has 1 saturated heterocycles. The van der Waals surface area contributed by atoms with Gasteiger partial charge >= 0.3 is 24.1 Å². The Kier molecular flexibility index (Phi) is 39.4. The number of nitrogens with two attached hydrogens (primary N) is 4. The van der Waals surface area contributed by atoms with Crippen molar-refractivity contribution < 1.29 is 101 Å². The molecule has 1 aliphatic heterocycles. The van der Waals surface area contributed by atoms with E-state index in [2.05, 4.69) is 53.2 Å². The number of carboxylic acids is 3. The first kappa shape index (κ1) is 88.5. The number of aliphatic carboxylic acids is 3. The van der Waals surface area contributed by atoms with Gasteiger partial charge in [-0.1, -0.05) is 62.7 Å². The number of aromatic hydroxyl groups is 1. The zero-order valence-corrected chi connectivity index (χ0v) is 58.2. The molecular formula is C66H102F3N15O18. The highest BCUT2D eigenvalue weighted by Crippen LogP contribution is 2.21. The highest BCUT2D eigenvalue weighted by atomic mass is 19.4. The number of benzene rings is 2. The van der Waals surface area contributed by atoms with Gasteiger partial charge in [0.05, 0.1) is 6.04 Å². The average molecular weight is 1450 g/mol. The lowest BCUT2D eigenvalue weighted by Crippen LogP contribution is -2.60. The third-order valence-corrected chi connectivity index (χ3v) is 16.5. The van der Waals surface area contributed by atoms with Crippen molar-refractivity contribution in [2.45, 2.75) is 223 Å². The molecule has 33 nitrogen and oxygen atoms in total. The van der Waals surface area contributed by atoms with Crippen LogP contribution in [0.3, 0.4) is 0 Å². The monoisotopic (exact) mass is 1450 g/mol. The van der Waals surface area contributed by atoms with Crippen LogP contribution >= 0.6 is 0 Å². The number of hydrogen-bond acceptors (Lipinski definition) is 19. The summed E-state index contributed by atoms with van der Waals surface area (Å²) in [5, 5.41) is 62.0. The second-order valence-electron chi connectivity index (χ2n) is 24.9. The van der Waals surface area contributed by atoms with Crippen LogP contribution < -0.4 is 76.1 Å². The molecule has 2 aromatic rings. The third kappa shape index (κ3) is 32.0. The van der Waals surface area contributed by atoms with Crippen molar-refractivity contribution in [3.8, 4) is 5.75 Å². The van der Waals surface area contributed by atoms with Gasteiger partial charge in [-0.15, -0.1) is 0 Å². The summed E-state index contributed by atoms with van der Waals surface area (Å²) in [7, 11) is 0. The van der Waals surface area contributed by atoms with Crippen LogP contribution in [-0.2, 0) is 80.0 Å². The Morgan fingerprint density at radius 2 is 0.902 bits per heavy atom. The van der Waals surface area contributed by atoms with Crippen LogP contribution in [-0.4, -0.2) is 213 Å². The number of nitrogens with zero attached hydrogens (tertiary/aromatic N) is 1. The average Bonchev–Trinajstić information content (AvgIpc) is 1.65. The summed E-state index contributed by atoms with van der Waals surface area (Å²) in [5.74, 6) is -14.3. The first-order chi connectivity index (χ1) is 48.0. The Hall–Kier alpha value is -9.55. The fourth-order valence-corrected chi connectivity index (χ4v) is 10.3. The molecule has 0 radical (unpaired) electrons. The van der Waals surface area contributed by atoms with Crippen LogP contribution in [0.2, 0.25) is 0 Å². The standard InChI is InChI=1S/C64H101N15O16.C2HF3O2/c1-7-36(2)52(78-55(85)39(5)69-56(86)44(68)28-29-51(81)82)62(92)77-49(35-42-24-26-43(80)27-25-42)60(90)70-37(3)53(83)72-40(6)63(93)79-33-17-23-50(79)61(91)76-48(34-41-18-9-8-10-19-41)59(89)71-38(4)54(84)73-45(20-11-14-30-65)57(87)74-46(21-12-15-31-66)58(88)75-47(64(94)95)22-13-16-32-67;3-2(4,5)1(6)7/h8-10,18-19,24-27,36-40,44-50,52,80H,7,11-17,20-23,28-35,65-68H2,1-6H3,(H,69,86)(H,70,90)(H,71,89)(H,72,83)(H,73,84)(H,74,87)(H,75,88)(H,76,91)(H,77,92)(H,78,85)(H,81,82)(H,94,95);(H,6,7)/t36-,37-,38-,39-,40-,44-,45-,46-,47-,48-,49-,50-,52-;/m0./s1. The number of halogens is 3. The molecule has 0 spiro atoms. The number of amides is 11. The smallest absolute Gasteiger partial charge is 0.490 e. The number of alkyl halides is 3. The molecule has 11 amide bonds. The Morgan fingerprint density at radius 1 is 0.500 bits per heavy atom. The minimum atomic E-state index is -5.08. The normalized spacial score (nSPS) is 16.2. The zero-order valence-electron chi connectivity index (χ0n) is 58.2. The molecule has 13 atom stereocenters. The van der Waals surface area contributed by atoms with E-state index in [1.54, 1.807) is 44.2 Å². The molecule has 0 saturated carbocycles. The molecule has 0 unspecified atom stereocenters. The largest absolute Gasteiger partial charge is 0.508 e. The minimum absolute atomic E-state index is 0.0680. The van der Waals surface area contributed by atoms with Gasteiger partial charge in [0.1, 0.15) is 72.2 Å². The second kappa shape index (κ2) is 45.3. The zero-order chi connectivity index (χ0) is 77.0. The van der Waals surface area contributed by atoms with Crippen LogP contribution in [0.4, 0.5) is 13.2 Å². The van der Waals surface area contributed by atoms with Gasteiger partial charge in [0.15, 0.2) is 0 Å². The van der Waals surface area contributed by atoms with Crippen molar-refractivity contribution in [3.05, 3.63) is 65.7 Å². The van der Waals surface area contributed by atoms with Crippen molar-refractivity contribution in [2.24, 2.45) is 28.9 Å². The highest BCUT2D eigenvalue weighted by molar-refractivity contribution is 5.99. The number of unbranched alkanes of at least 4 members (excludes halogenated alkanes) is 3. The van der Waals surface area contributed by atoms with E-state index in [1.807, 2.05) is 0 Å². The van der Waals surface area contributed by atoms with Gasteiger partial charge in [0, 0.05) is 25.8 Å². The molecule has 570 valence electrons. The van der Waals surface area contributed by atoms with E-state index in [0.29, 0.717) is 75.6 Å². The fourth-order valence-electron chi connectivity index (χ4n) is 10.3. The van der Waals surface area contributed by atoms with Crippen molar-refractivity contribution in [2.75, 3.05) is 26.2 Å². The summed E-state index contributed by atoms with van der Waals surface area (Å²) in [6, 6.07) is -0.788. The van der Waals surface area contributed by atoms with E-state index in [9.17, 15) is 85.7 Å². The highest BCUT2D eigenvalue weighted by Gasteiger charge is 2.41. The van der Waals surface area contributed by atoms with Gasteiger partial charge in [0.25, 0.3) is 0 Å². The summed E-state index contributed by atoms with van der Waals surface area (Å²) in [6.07, 6.45) is -2.01. The van der Waals surface area contributed by atoms with Gasteiger partial charge in [-0.05, 0) is 154 Å². The minimum Gasteiger partial charge on any atom is -0.508 e. The maximum Gasteiger partial charge on any atom is 0.490 e. The molecule has 22 N–H and O–H groups in total. The van der Waals surface area contributed by atoms with E-state index in [0.717, 1.165) is 0 Å². The molecule has 3 rings (SSSR count). The number of nitrogens with one attached hydrogen (secondary N) is 10. The first-order valence-electron chi connectivity index (χ1n) is 33.8. The second-order valence-corrected chi connectivity index (χ2v) is 24.9. The molecule has 0 bridgehead atoms. The molecule has 0 aromatic heterocycles. The first-order valence-corrected chi connectivity index (χ1v) is 33.8. The van der Waals surface area contributed by atoms with E-state index in [4.69, 9.17) is 37.9 Å². The Morgan fingerprint density at radius 3 is 1.36 bits per heavy atom. The predicted molar refractivity (Wildman–Crippen MR) is 363 cm³/mol. The Balaban J connectivity index is 0.00000478. The number of phenols is 1. The summed E-state index contributed by atoms with van der Waals surface area (Å²) in [6.45, 7) is 9.84. The number of phenolic OH excluding ortho intramolecular Hbond substituents is 1. The topological polar surface area (TPSA) is 548 Å². The van der Waals surface area contributed by atoms with Crippen molar-refractivity contribution >= 4 is 82.9 Å². The van der Waals surface area contributed by atoms with E-state index in [1.165, 1.54) is 56.9 Å². The van der Waals surface area contributed by atoms with Gasteiger partial charge in [-0.3, -0.25) is 57.5 Å². The van der Waals surface area contributed by atoms with Crippen LogP contribution in [0.1, 0.15) is 143 Å². The van der Waals surface area contributed by atoms with E-state index in [-0.39, 0.29) is 70.2 Å². The van der Waals surface area contributed by atoms with Crippen LogP contribution in [0.5, 0.6) is 5.75 Å². The summed E-state index contributed by atoms with van der Waals surface area (Å²) >= 11 is 0. The lowest BCUT2D eigenvalue weighted by molar-refractivity contribution is -0.192. The number of carboxylic acid groups (broad SMARTS) is 3. The molecule has 0 aliphatic carbocycles. The Labute approximate surface area is 589 Å². The number of hydrogen-bond donors (Lipinski definition) is 18. The molecule has 1 heterocycles. The lowest BCUT2D eigenvalue weighted by Gasteiger charge is -2.30. The van der Waals surface area contributed by atoms with Gasteiger partial charge < -0.3 is 101 Å². The van der Waals surface area contributed by atoms with Gasteiger partial charge in [-0.2, -0.15) is 13.2 Å². The number of likely N-dealkylation sites (tertiary alicyclic amines) is 1. The summed E-state index contributed by atoms with van der Waals surface area (Å²) in [5.41, 5.74) is 23.9. The summed E-state index contributed by atoms with van der Waals surface area (Å²) in [4.78, 5) is 186. The molecule has 2 aromatic carbocycles. The van der Waals surface area contributed by atoms with E-state index < -0.39 is 167 Å². The molecule has 102 heavy (non-hydrogen) atoms. The fraction of sp³-hybridized carbons (Fsp3) is 0.606. The number of carbonyl (C=O) groups is 14. The molecule has 36 heteroatoms. The molecular weight excluding hydrogens is 1350 g/mol. The number of carbonyl (C=O) groups excluding carboxylic acids is 11. The SMILES string of the molecule is CC[C@H](C)[C@H](NC(=O)[C@H](C)NC(=O)[C@@H](N)CCC(=O)O)C(=O)N[C@@H](Cc1ccc(O)cc1)C(=O)N[C@@H](C)C(=O)N[C@@H](C)C(=O)N1CCC[C@H]1C(=O)N[C@@H](Cc1ccccc1)C(=O)N[C@@H](C)C(=O)N[C@@H](CCCCN)C(=O)N[C@@H](CCCCN)C(=O)N[C@@H](CCCCN)C(=O)O.O=C(O)C(F)(F)F. The van der Waals surface area contributed by atoms with Crippen molar-refractivity contribution in [3.63, 3.8) is 0 Å². The lowest BCUT2D eigenvalue weighted by atomic mass is 9.96. The third-order valence-electron chi connectivity index (χ3n) is 16.5. The van der Waals surface area contributed by atoms with Crippen LogP contribution in [0.25, 0.3) is 0 Å². The Bertz CT molecular complexity index is 3120. The summed E-state index contributed by atoms with van der Waals surface area (Å²) < 4.78 is 31.7. The van der Waals surface area contributed by atoms with E-state index >= 15 is 0 Å². The van der Waals surface area contributed by atoms with Gasteiger partial charge in [-0.25, -0.2) is 9.59 Å². The van der Waals surface area contributed by atoms with Crippen LogP contribution in [0, 0.1) is 5.92 Å². The quantitative estimate of drug-likeness (QED) is 0.0334. The van der Waals surface area contributed by atoms with Gasteiger partial charge in [0.2, 0.25) is 65.0 Å². The molecule has 1 fully saturated rings. The predicted octanol–water partition coefficient (Wildman–Crippen LogP) is -1.56. The maximum atomic E-state index is 14.3. The molecule has 1 aliphatic rings. The van der Waals surface area contributed by atoms with Crippen molar-refractivity contribution in [1.82, 2.24) is 58.1 Å². The van der Waals surface area contributed by atoms with Crippen LogP contribution in [0.15, 0.2) is 54.6 Å². The number of rotatable bonds is 43. The van der Waals surface area contributed by atoms with Crippen molar-refractivity contribution in [1.29, 1.82) is 0 Å².